The molecule has 8 heteroatoms. The number of hydrogen-bond donors (Lipinski definition) is 3. The summed E-state index contributed by atoms with van der Waals surface area (Å²) in [5.41, 5.74) is 0.220. The molecule has 3 heterocycles. The fourth-order valence-electron chi connectivity index (χ4n) is 4.63. The number of carbonyl (C=O) groups excluding carboxylic acids is 2. The minimum absolute atomic E-state index is 0.0250. The first kappa shape index (κ1) is 17.9. The van der Waals surface area contributed by atoms with Gasteiger partial charge in [-0.05, 0) is 32.2 Å². The Labute approximate surface area is 151 Å². The van der Waals surface area contributed by atoms with E-state index >= 15 is 0 Å². The second-order valence-corrected chi connectivity index (χ2v) is 7.75. The van der Waals surface area contributed by atoms with Gasteiger partial charge in [0.2, 0.25) is 11.8 Å². The maximum Gasteiger partial charge on any atom is 0.247 e. The third-order valence-corrected chi connectivity index (χ3v) is 6.05. The van der Waals surface area contributed by atoms with E-state index in [1.54, 1.807) is 0 Å². The lowest BCUT2D eigenvalue weighted by atomic mass is 9.78. The summed E-state index contributed by atoms with van der Waals surface area (Å²) in [6.45, 7) is 1.36. The number of halogens is 2. The van der Waals surface area contributed by atoms with Gasteiger partial charge in [0.1, 0.15) is 18.6 Å². The van der Waals surface area contributed by atoms with E-state index < -0.39 is 18.3 Å². The lowest BCUT2D eigenvalue weighted by Gasteiger charge is -2.38. The molecule has 1 saturated carbocycles. The van der Waals surface area contributed by atoms with Crippen molar-refractivity contribution >= 4 is 11.8 Å². The molecule has 3 fully saturated rings. The van der Waals surface area contributed by atoms with Crippen LogP contribution in [0.5, 0.6) is 0 Å². The maximum atomic E-state index is 14.2. The fourth-order valence-corrected chi connectivity index (χ4v) is 4.63. The van der Waals surface area contributed by atoms with E-state index in [0.717, 1.165) is 19.4 Å². The molecule has 3 N–H and O–H groups in total. The van der Waals surface area contributed by atoms with Gasteiger partial charge < -0.3 is 15.4 Å². The minimum Gasteiger partial charge on any atom is -0.361 e. The fraction of sp³-hybridized carbons (Fsp3) is 0.778. The molecular weight excluding hydrogens is 344 g/mol. The molecule has 0 aromatic rings. The summed E-state index contributed by atoms with van der Waals surface area (Å²) in [5.74, 6) is -1.11. The van der Waals surface area contributed by atoms with Crippen molar-refractivity contribution in [2.75, 3.05) is 13.2 Å². The summed E-state index contributed by atoms with van der Waals surface area (Å²) in [7, 11) is 0. The third-order valence-electron chi connectivity index (χ3n) is 6.05. The maximum absolute atomic E-state index is 14.2. The van der Waals surface area contributed by atoms with Crippen molar-refractivity contribution in [1.82, 2.24) is 16.0 Å². The smallest absolute Gasteiger partial charge is 0.247 e. The molecule has 0 radical (unpaired) electrons. The molecular formula is C18H25F2N3O3. The predicted octanol–water partition coefficient (Wildman–Crippen LogP) is 0.728. The first-order valence-electron chi connectivity index (χ1n) is 9.47. The largest absolute Gasteiger partial charge is 0.361 e. The number of ether oxygens (including phenoxy) is 1. The highest BCUT2D eigenvalue weighted by Crippen LogP contribution is 2.34. The highest BCUT2D eigenvalue weighted by molar-refractivity contribution is 5.99. The Bertz CT molecular complexity index is 614. The van der Waals surface area contributed by atoms with Crippen molar-refractivity contribution in [3.05, 3.63) is 11.6 Å². The Kier molecular flexibility index (Phi) is 4.96. The lowest BCUT2D eigenvalue weighted by molar-refractivity contribution is -0.125. The van der Waals surface area contributed by atoms with Gasteiger partial charge in [0, 0.05) is 23.5 Å². The van der Waals surface area contributed by atoms with Crippen LogP contribution in [0.3, 0.4) is 0 Å². The molecule has 0 aromatic carbocycles. The average molecular weight is 369 g/mol. The second-order valence-electron chi connectivity index (χ2n) is 7.75. The Balaban J connectivity index is 1.39. The van der Waals surface area contributed by atoms with Gasteiger partial charge in [-0.3, -0.25) is 14.9 Å². The number of carbonyl (C=O) groups is 2. The van der Waals surface area contributed by atoms with Crippen LogP contribution in [-0.2, 0) is 14.3 Å². The first-order valence-corrected chi connectivity index (χ1v) is 9.47. The van der Waals surface area contributed by atoms with Gasteiger partial charge in [-0.1, -0.05) is 6.08 Å². The van der Waals surface area contributed by atoms with Crippen molar-refractivity contribution in [1.29, 1.82) is 0 Å². The van der Waals surface area contributed by atoms with E-state index in [0.29, 0.717) is 13.0 Å². The van der Waals surface area contributed by atoms with E-state index in [1.165, 1.54) is 6.08 Å². The predicted molar refractivity (Wildman–Crippen MR) is 89.5 cm³/mol. The van der Waals surface area contributed by atoms with E-state index in [-0.39, 0.29) is 54.5 Å². The number of alkyl halides is 2. The molecule has 7 atom stereocenters. The van der Waals surface area contributed by atoms with Crippen LogP contribution in [-0.4, -0.2) is 55.6 Å². The van der Waals surface area contributed by atoms with Crippen LogP contribution in [0.15, 0.2) is 11.6 Å². The third kappa shape index (κ3) is 3.36. The standard InChI is InChI=1S/C18H25F2N3O3/c19-12-3-4-13-11(16(12)20)6-9(17(25)23-13)7-15(24)22-14-8-26-18-10(14)2-1-5-21-18/h6,10-14,16,18,21H,1-5,7-8H2,(H,22,24)(H,23,25)/t10?,11?,12?,13?,14-,16?,18?/m0/s1. The molecule has 2 saturated heterocycles. The van der Waals surface area contributed by atoms with Gasteiger partial charge >= 0.3 is 0 Å². The number of nitrogens with one attached hydrogen (secondary N) is 3. The summed E-state index contributed by atoms with van der Waals surface area (Å²) in [6.07, 6.45) is 0.729. The SMILES string of the molecule is O=C(CC1=CC2C(CCC(F)C2F)NC1=O)N[C@H]1COC2NCCCC21. The Morgan fingerprint density at radius 1 is 1.31 bits per heavy atom. The van der Waals surface area contributed by atoms with Crippen LogP contribution >= 0.6 is 0 Å². The first-order chi connectivity index (χ1) is 12.5. The molecule has 4 rings (SSSR count). The molecule has 6 nitrogen and oxygen atoms in total. The van der Waals surface area contributed by atoms with E-state index in [4.69, 9.17) is 4.74 Å². The zero-order chi connectivity index (χ0) is 18.3. The van der Waals surface area contributed by atoms with Crippen LogP contribution in [0.1, 0.15) is 32.1 Å². The highest BCUT2D eigenvalue weighted by atomic mass is 19.2. The minimum atomic E-state index is -1.63. The molecule has 0 aromatic heterocycles. The van der Waals surface area contributed by atoms with Crippen LogP contribution in [0, 0.1) is 11.8 Å². The molecule has 3 aliphatic heterocycles. The van der Waals surface area contributed by atoms with Crippen molar-refractivity contribution < 1.29 is 23.1 Å². The van der Waals surface area contributed by atoms with Gasteiger partial charge in [-0.15, -0.1) is 0 Å². The summed E-state index contributed by atoms with van der Waals surface area (Å²) < 4.78 is 33.5. The number of amides is 2. The summed E-state index contributed by atoms with van der Waals surface area (Å²) in [6, 6.07) is -0.465. The second kappa shape index (κ2) is 7.23. The van der Waals surface area contributed by atoms with E-state index in [1.807, 2.05) is 0 Å². The van der Waals surface area contributed by atoms with Crippen molar-refractivity contribution in [3.63, 3.8) is 0 Å². The topological polar surface area (TPSA) is 79.5 Å². The zero-order valence-corrected chi connectivity index (χ0v) is 14.5. The summed E-state index contributed by atoms with van der Waals surface area (Å²) >= 11 is 0. The number of hydrogen-bond acceptors (Lipinski definition) is 4. The molecule has 26 heavy (non-hydrogen) atoms. The van der Waals surface area contributed by atoms with Gasteiger partial charge in [0.25, 0.3) is 0 Å². The van der Waals surface area contributed by atoms with Crippen molar-refractivity contribution in [3.8, 4) is 0 Å². The molecule has 0 bridgehead atoms. The molecule has 6 unspecified atom stereocenters. The molecule has 1 aliphatic carbocycles. The normalized spacial score (nSPS) is 42.3. The van der Waals surface area contributed by atoms with Crippen molar-refractivity contribution in [2.45, 2.75) is 62.8 Å². The number of piperidine rings is 1. The number of fused-ring (bicyclic) bond motifs is 2. The van der Waals surface area contributed by atoms with Gasteiger partial charge in [-0.25, -0.2) is 8.78 Å². The van der Waals surface area contributed by atoms with Crippen molar-refractivity contribution in [2.24, 2.45) is 11.8 Å². The average Bonchev–Trinajstić information content (AvgIpc) is 3.03. The summed E-state index contributed by atoms with van der Waals surface area (Å²) in [4.78, 5) is 24.6. The van der Waals surface area contributed by atoms with Gasteiger partial charge in [0.15, 0.2) is 0 Å². The van der Waals surface area contributed by atoms with Crippen LogP contribution in [0.4, 0.5) is 8.78 Å². The van der Waals surface area contributed by atoms with Crippen LogP contribution in [0.2, 0.25) is 0 Å². The summed E-state index contributed by atoms with van der Waals surface area (Å²) in [5, 5.41) is 8.97. The molecule has 0 spiro atoms. The zero-order valence-electron chi connectivity index (χ0n) is 14.5. The lowest BCUT2D eigenvalue weighted by Crippen LogP contribution is -2.53. The Morgan fingerprint density at radius 3 is 3.00 bits per heavy atom. The van der Waals surface area contributed by atoms with Crippen LogP contribution in [0.25, 0.3) is 0 Å². The van der Waals surface area contributed by atoms with Crippen LogP contribution < -0.4 is 16.0 Å². The van der Waals surface area contributed by atoms with Gasteiger partial charge in [0.05, 0.1) is 19.1 Å². The van der Waals surface area contributed by atoms with Gasteiger partial charge in [-0.2, -0.15) is 0 Å². The number of rotatable bonds is 3. The van der Waals surface area contributed by atoms with E-state index in [9.17, 15) is 18.4 Å². The quantitative estimate of drug-likeness (QED) is 0.685. The molecule has 2 amide bonds. The molecule has 4 aliphatic rings. The highest BCUT2D eigenvalue weighted by Gasteiger charge is 2.43. The Hall–Kier alpha value is -1.54. The van der Waals surface area contributed by atoms with E-state index in [2.05, 4.69) is 16.0 Å². The Morgan fingerprint density at radius 2 is 2.15 bits per heavy atom. The molecule has 144 valence electrons. The monoisotopic (exact) mass is 369 g/mol.